The Labute approximate surface area is 90.7 Å². The van der Waals surface area contributed by atoms with Gasteiger partial charge in [0.1, 0.15) is 0 Å². The highest BCUT2D eigenvalue weighted by atomic mass is 79.9. The van der Waals surface area contributed by atoms with Crippen LogP contribution < -0.4 is 11.5 Å². The number of hydrogen-bond donors (Lipinski definition) is 2. The SMILES string of the molecule is C=C[C@@H](N)c1cc(Cl)c(N)c(Br)c1. The highest BCUT2D eigenvalue weighted by Gasteiger charge is 2.07. The monoisotopic (exact) mass is 260 g/mol. The molecule has 0 saturated heterocycles. The van der Waals surface area contributed by atoms with Crippen molar-refractivity contribution in [2.45, 2.75) is 6.04 Å². The smallest absolute Gasteiger partial charge is 0.0650 e. The number of benzene rings is 1. The Bertz CT molecular complexity index is 315. The summed E-state index contributed by atoms with van der Waals surface area (Å²) < 4.78 is 0.757. The molecule has 1 rings (SSSR count). The fourth-order valence-corrected chi connectivity index (χ4v) is 1.75. The Hall–Kier alpha value is -0.510. The van der Waals surface area contributed by atoms with E-state index in [0.29, 0.717) is 10.7 Å². The first kappa shape index (κ1) is 10.6. The first-order valence-corrected chi connectivity index (χ1v) is 4.86. The third-order valence-corrected chi connectivity index (χ3v) is 2.71. The lowest BCUT2D eigenvalue weighted by atomic mass is 10.1. The van der Waals surface area contributed by atoms with E-state index in [1.54, 1.807) is 12.1 Å². The molecule has 0 saturated carbocycles. The molecule has 0 unspecified atom stereocenters. The lowest BCUT2D eigenvalue weighted by Gasteiger charge is -2.09. The van der Waals surface area contributed by atoms with E-state index in [9.17, 15) is 0 Å². The van der Waals surface area contributed by atoms with Crippen LogP contribution in [0, 0.1) is 0 Å². The standard InChI is InChI=1S/C9H10BrClN2/c1-2-8(12)5-3-6(10)9(13)7(11)4-5/h2-4,8H,1,12-13H2/t8-/m1/s1. The van der Waals surface area contributed by atoms with Gasteiger partial charge in [0.2, 0.25) is 0 Å². The van der Waals surface area contributed by atoms with E-state index in [4.69, 9.17) is 23.1 Å². The first-order chi connectivity index (χ1) is 6.06. The van der Waals surface area contributed by atoms with Gasteiger partial charge < -0.3 is 11.5 Å². The molecule has 4 heteroatoms. The molecule has 0 aliphatic rings. The molecule has 0 spiro atoms. The quantitative estimate of drug-likeness (QED) is 0.635. The molecule has 2 nitrogen and oxygen atoms in total. The first-order valence-electron chi connectivity index (χ1n) is 3.68. The van der Waals surface area contributed by atoms with E-state index >= 15 is 0 Å². The van der Waals surface area contributed by atoms with Gasteiger partial charge in [-0.05, 0) is 33.6 Å². The lowest BCUT2D eigenvalue weighted by molar-refractivity contribution is 0.914. The second-order valence-corrected chi connectivity index (χ2v) is 3.92. The third-order valence-electron chi connectivity index (χ3n) is 1.74. The van der Waals surface area contributed by atoms with Gasteiger partial charge in [-0.2, -0.15) is 0 Å². The number of nitrogens with two attached hydrogens (primary N) is 2. The fourth-order valence-electron chi connectivity index (χ4n) is 0.932. The minimum Gasteiger partial charge on any atom is -0.397 e. The van der Waals surface area contributed by atoms with Crippen molar-refractivity contribution in [2.24, 2.45) is 5.73 Å². The summed E-state index contributed by atoms with van der Waals surface area (Å²) >= 11 is 9.17. The molecule has 1 aromatic carbocycles. The van der Waals surface area contributed by atoms with Gasteiger partial charge in [0.05, 0.1) is 10.7 Å². The zero-order chi connectivity index (χ0) is 10.0. The van der Waals surface area contributed by atoms with Crippen LogP contribution in [0.4, 0.5) is 5.69 Å². The Morgan fingerprint density at radius 1 is 1.54 bits per heavy atom. The van der Waals surface area contributed by atoms with Crippen molar-refractivity contribution in [1.82, 2.24) is 0 Å². The highest BCUT2D eigenvalue weighted by Crippen LogP contribution is 2.31. The van der Waals surface area contributed by atoms with Gasteiger partial charge in [-0.15, -0.1) is 6.58 Å². The molecule has 1 atom stereocenters. The summed E-state index contributed by atoms with van der Waals surface area (Å²) in [4.78, 5) is 0. The van der Waals surface area contributed by atoms with Crippen molar-refractivity contribution < 1.29 is 0 Å². The van der Waals surface area contributed by atoms with Crippen LogP contribution in [-0.2, 0) is 0 Å². The van der Waals surface area contributed by atoms with Crippen LogP contribution in [0.25, 0.3) is 0 Å². The second kappa shape index (κ2) is 4.13. The molecule has 13 heavy (non-hydrogen) atoms. The van der Waals surface area contributed by atoms with Gasteiger partial charge in [0, 0.05) is 10.5 Å². The Morgan fingerprint density at radius 2 is 2.15 bits per heavy atom. The molecule has 1 aromatic rings. The lowest BCUT2D eigenvalue weighted by Crippen LogP contribution is -2.06. The Kier molecular flexibility index (Phi) is 3.36. The summed E-state index contributed by atoms with van der Waals surface area (Å²) in [7, 11) is 0. The van der Waals surface area contributed by atoms with Crippen molar-refractivity contribution in [3.8, 4) is 0 Å². The zero-order valence-corrected chi connectivity index (χ0v) is 9.27. The summed E-state index contributed by atoms with van der Waals surface area (Å²) in [5.74, 6) is 0. The van der Waals surface area contributed by atoms with E-state index in [0.717, 1.165) is 10.0 Å². The number of halogens is 2. The third kappa shape index (κ3) is 2.24. The van der Waals surface area contributed by atoms with Gasteiger partial charge in [0.15, 0.2) is 0 Å². The minimum atomic E-state index is -0.214. The van der Waals surface area contributed by atoms with Crippen molar-refractivity contribution in [3.63, 3.8) is 0 Å². The molecular weight excluding hydrogens is 251 g/mol. The van der Waals surface area contributed by atoms with Gasteiger partial charge in [-0.3, -0.25) is 0 Å². The van der Waals surface area contributed by atoms with Gasteiger partial charge in [-0.25, -0.2) is 0 Å². The van der Waals surface area contributed by atoms with Crippen molar-refractivity contribution in [2.75, 3.05) is 5.73 Å². The molecule has 0 bridgehead atoms. The predicted molar refractivity (Wildman–Crippen MR) is 60.7 cm³/mol. The maximum absolute atomic E-state index is 5.88. The van der Waals surface area contributed by atoms with Crippen molar-refractivity contribution in [1.29, 1.82) is 0 Å². The van der Waals surface area contributed by atoms with E-state index in [-0.39, 0.29) is 6.04 Å². The average Bonchev–Trinajstić information content (AvgIpc) is 2.12. The van der Waals surface area contributed by atoms with E-state index in [1.807, 2.05) is 6.07 Å². The molecular formula is C9H10BrClN2. The van der Waals surface area contributed by atoms with E-state index in [1.165, 1.54) is 0 Å². The molecule has 0 heterocycles. The van der Waals surface area contributed by atoms with Crippen LogP contribution in [0.2, 0.25) is 5.02 Å². The van der Waals surface area contributed by atoms with Crippen LogP contribution in [-0.4, -0.2) is 0 Å². The molecule has 4 N–H and O–H groups in total. The molecule has 0 fully saturated rings. The number of anilines is 1. The Morgan fingerprint density at radius 3 is 2.62 bits per heavy atom. The largest absolute Gasteiger partial charge is 0.397 e. The predicted octanol–water partition coefficient (Wildman–Crippen LogP) is 2.87. The summed E-state index contributed by atoms with van der Waals surface area (Å²) in [6.07, 6.45) is 1.65. The summed E-state index contributed by atoms with van der Waals surface area (Å²) in [6.45, 7) is 3.60. The van der Waals surface area contributed by atoms with Crippen molar-refractivity contribution >= 4 is 33.2 Å². The number of nitrogen functional groups attached to an aromatic ring is 1. The number of hydrogen-bond acceptors (Lipinski definition) is 2. The number of rotatable bonds is 2. The van der Waals surface area contributed by atoms with Crippen LogP contribution in [0.5, 0.6) is 0 Å². The molecule has 0 aromatic heterocycles. The summed E-state index contributed by atoms with van der Waals surface area (Å²) in [5.41, 5.74) is 12.8. The summed E-state index contributed by atoms with van der Waals surface area (Å²) in [6, 6.07) is 3.37. The molecule has 0 radical (unpaired) electrons. The molecule has 0 aliphatic carbocycles. The maximum atomic E-state index is 5.88. The van der Waals surface area contributed by atoms with Gasteiger partial charge >= 0.3 is 0 Å². The van der Waals surface area contributed by atoms with E-state index in [2.05, 4.69) is 22.5 Å². The highest BCUT2D eigenvalue weighted by molar-refractivity contribution is 9.10. The van der Waals surface area contributed by atoms with Crippen LogP contribution in [0.1, 0.15) is 11.6 Å². The van der Waals surface area contributed by atoms with Gasteiger partial charge in [-0.1, -0.05) is 17.7 Å². The zero-order valence-electron chi connectivity index (χ0n) is 6.93. The van der Waals surface area contributed by atoms with Crippen LogP contribution >= 0.6 is 27.5 Å². The fraction of sp³-hybridized carbons (Fsp3) is 0.111. The van der Waals surface area contributed by atoms with Crippen LogP contribution in [0.3, 0.4) is 0 Å². The minimum absolute atomic E-state index is 0.214. The summed E-state index contributed by atoms with van der Waals surface area (Å²) in [5, 5.41) is 0.502. The molecule has 0 aliphatic heterocycles. The molecule has 70 valence electrons. The van der Waals surface area contributed by atoms with E-state index < -0.39 is 0 Å². The van der Waals surface area contributed by atoms with Gasteiger partial charge in [0.25, 0.3) is 0 Å². The topological polar surface area (TPSA) is 52.0 Å². The Balaban J connectivity index is 3.20. The second-order valence-electron chi connectivity index (χ2n) is 2.66. The maximum Gasteiger partial charge on any atom is 0.0650 e. The normalized spacial score (nSPS) is 12.5. The average molecular weight is 262 g/mol. The van der Waals surface area contributed by atoms with Crippen LogP contribution in [0.15, 0.2) is 29.3 Å². The van der Waals surface area contributed by atoms with Crippen molar-refractivity contribution in [3.05, 3.63) is 39.8 Å². The molecule has 0 amide bonds.